The van der Waals surface area contributed by atoms with E-state index in [4.69, 9.17) is 5.73 Å². The monoisotopic (exact) mass is 361 g/mol. The fourth-order valence-electron chi connectivity index (χ4n) is 3.35. The molecule has 0 aliphatic carbocycles. The first-order valence-corrected chi connectivity index (χ1v) is 9.00. The van der Waals surface area contributed by atoms with Crippen molar-refractivity contribution >= 4 is 17.3 Å². The minimum absolute atomic E-state index is 0.318. The Balaban J connectivity index is 0.00000117. The van der Waals surface area contributed by atoms with Crippen LogP contribution < -0.4 is 15.5 Å². The van der Waals surface area contributed by atoms with Gasteiger partial charge in [0.05, 0.1) is 22.8 Å². The van der Waals surface area contributed by atoms with E-state index >= 15 is 0 Å². The molecule has 1 amide bonds. The van der Waals surface area contributed by atoms with E-state index in [2.05, 4.69) is 15.1 Å². The number of aromatic amines is 1. The molecule has 142 valence electrons. The standard InChI is InChI=1S/C17H22FN5O.C2H6/c1-10-8-14(18)15(9-13(10)17(19)24)22-4-6-23(7-5-22)16-11(2)20-21-12(16)3;1-2/h8-9H,4-7H2,1-3H3,(H2,19,24)(H,20,21);1-2H3. The van der Waals surface area contributed by atoms with Crippen molar-refractivity contribution in [2.75, 3.05) is 36.0 Å². The Morgan fingerprint density at radius 2 is 1.69 bits per heavy atom. The quantitative estimate of drug-likeness (QED) is 0.881. The molecule has 1 saturated heterocycles. The molecule has 0 atom stereocenters. The summed E-state index contributed by atoms with van der Waals surface area (Å²) in [5.74, 6) is -0.848. The highest BCUT2D eigenvalue weighted by Gasteiger charge is 2.24. The highest BCUT2D eigenvalue weighted by molar-refractivity contribution is 5.95. The van der Waals surface area contributed by atoms with Crippen molar-refractivity contribution in [3.8, 4) is 0 Å². The number of rotatable bonds is 3. The van der Waals surface area contributed by atoms with Crippen molar-refractivity contribution in [3.63, 3.8) is 0 Å². The van der Waals surface area contributed by atoms with Gasteiger partial charge in [0, 0.05) is 31.7 Å². The highest BCUT2D eigenvalue weighted by atomic mass is 19.1. The SMILES string of the molecule is CC.Cc1cc(F)c(N2CCN(c3c(C)n[nH]c3C)CC2)cc1C(N)=O. The van der Waals surface area contributed by atoms with Crippen LogP contribution in [0, 0.1) is 26.6 Å². The molecule has 0 spiro atoms. The van der Waals surface area contributed by atoms with E-state index < -0.39 is 5.91 Å². The average molecular weight is 361 g/mol. The summed E-state index contributed by atoms with van der Waals surface area (Å²) in [4.78, 5) is 15.7. The lowest BCUT2D eigenvalue weighted by molar-refractivity contribution is 0.0999. The molecule has 0 saturated carbocycles. The van der Waals surface area contributed by atoms with Crippen LogP contribution in [0.15, 0.2) is 12.1 Å². The fraction of sp³-hybridized carbons (Fsp3) is 0.474. The molecule has 3 N–H and O–H groups in total. The van der Waals surface area contributed by atoms with Crippen molar-refractivity contribution in [2.45, 2.75) is 34.6 Å². The third-order valence-electron chi connectivity index (χ3n) is 4.59. The number of amides is 1. The van der Waals surface area contributed by atoms with E-state index in [0.717, 1.165) is 30.2 Å². The largest absolute Gasteiger partial charge is 0.366 e. The van der Waals surface area contributed by atoms with Gasteiger partial charge in [-0.3, -0.25) is 9.89 Å². The maximum Gasteiger partial charge on any atom is 0.249 e. The van der Waals surface area contributed by atoms with Gasteiger partial charge >= 0.3 is 0 Å². The maximum absolute atomic E-state index is 14.4. The second-order valence-electron chi connectivity index (χ2n) is 6.24. The van der Waals surface area contributed by atoms with Gasteiger partial charge in [0.2, 0.25) is 5.91 Å². The van der Waals surface area contributed by atoms with Crippen molar-refractivity contribution in [3.05, 3.63) is 40.5 Å². The van der Waals surface area contributed by atoms with E-state index in [1.807, 2.05) is 32.6 Å². The summed E-state index contributed by atoms with van der Waals surface area (Å²) in [5, 5.41) is 7.23. The molecule has 3 rings (SSSR count). The second kappa shape index (κ2) is 8.21. The van der Waals surface area contributed by atoms with Crippen molar-refractivity contribution in [1.29, 1.82) is 0 Å². The molecule has 2 heterocycles. The number of hydrogen-bond donors (Lipinski definition) is 2. The number of primary amides is 1. The van der Waals surface area contributed by atoms with Crippen LogP contribution in [-0.2, 0) is 0 Å². The minimum Gasteiger partial charge on any atom is -0.366 e. The van der Waals surface area contributed by atoms with Gasteiger partial charge in [-0.15, -0.1) is 0 Å². The van der Waals surface area contributed by atoms with Gasteiger partial charge in [-0.05, 0) is 38.5 Å². The molecule has 1 fully saturated rings. The summed E-state index contributed by atoms with van der Waals surface area (Å²) in [6.45, 7) is 12.5. The van der Waals surface area contributed by atoms with Crippen molar-refractivity contribution < 1.29 is 9.18 Å². The molecule has 6 nitrogen and oxygen atoms in total. The number of aromatic nitrogens is 2. The van der Waals surface area contributed by atoms with Gasteiger partial charge < -0.3 is 15.5 Å². The summed E-state index contributed by atoms with van der Waals surface area (Å²) in [7, 11) is 0. The number of anilines is 2. The third-order valence-corrected chi connectivity index (χ3v) is 4.59. The average Bonchev–Trinajstić information content (AvgIpc) is 2.95. The van der Waals surface area contributed by atoms with E-state index in [1.165, 1.54) is 6.07 Å². The Morgan fingerprint density at radius 3 is 2.19 bits per heavy atom. The first kappa shape index (κ1) is 19.8. The van der Waals surface area contributed by atoms with Crippen molar-refractivity contribution in [2.24, 2.45) is 5.73 Å². The number of carbonyl (C=O) groups excluding carboxylic acids is 1. The second-order valence-corrected chi connectivity index (χ2v) is 6.24. The van der Waals surface area contributed by atoms with Crippen LogP contribution in [0.3, 0.4) is 0 Å². The number of hydrogen-bond acceptors (Lipinski definition) is 4. The van der Waals surface area contributed by atoms with Crippen LogP contribution in [0.5, 0.6) is 0 Å². The topological polar surface area (TPSA) is 78.2 Å². The molecule has 1 aromatic heterocycles. The Bertz CT molecular complexity index is 759. The van der Waals surface area contributed by atoms with Crippen LogP contribution in [0.4, 0.5) is 15.8 Å². The highest BCUT2D eigenvalue weighted by Crippen LogP contribution is 2.28. The summed E-state index contributed by atoms with van der Waals surface area (Å²) in [5.41, 5.74) is 9.89. The Kier molecular flexibility index (Phi) is 6.23. The van der Waals surface area contributed by atoms with Gasteiger partial charge in [0.15, 0.2) is 0 Å². The summed E-state index contributed by atoms with van der Waals surface area (Å²) < 4.78 is 14.4. The summed E-state index contributed by atoms with van der Waals surface area (Å²) in [6, 6.07) is 2.95. The first-order chi connectivity index (χ1) is 12.4. The molecule has 7 heteroatoms. The molecule has 1 aliphatic heterocycles. The Morgan fingerprint density at radius 1 is 1.12 bits per heavy atom. The Labute approximate surface area is 154 Å². The number of nitrogens with one attached hydrogen (secondary N) is 1. The molecule has 0 bridgehead atoms. The van der Waals surface area contributed by atoms with Gasteiger partial charge in [-0.1, -0.05) is 13.8 Å². The lowest BCUT2D eigenvalue weighted by Gasteiger charge is -2.37. The summed E-state index contributed by atoms with van der Waals surface area (Å²) >= 11 is 0. The molecule has 0 unspecified atom stereocenters. The van der Waals surface area contributed by atoms with E-state index in [0.29, 0.717) is 29.9 Å². The molecule has 1 aromatic carbocycles. The smallest absolute Gasteiger partial charge is 0.249 e. The number of nitrogens with two attached hydrogens (primary N) is 1. The lowest BCUT2D eigenvalue weighted by Crippen LogP contribution is -2.47. The normalized spacial score (nSPS) is 14.1. The molecule has 0 radical (unpaired) electrons. The number of benzene rings is 1. The van der Waals surface area contributed by atoms with Crippen LogP contribution in [0.25, 0.3) is 0 Å². The fourth-order valence-corrected chi connectivity index (χ4v) is 3.35. The number of nitrogens with zero attached hydrogens (tertiary/aromatic N) is 3. The van der Waals surface area contributed by atoms with E-state index in [9.17, 15) is 9.18 Å². The van der Waals surface area contributed by atoms with Crippen LogP contribution in [0.2, 0.25) is 0 Å². The van der Waals surface area contributed by atoms with E-state index in [1.54, 1.807) is 13.0 Å². The lowest BCUT2D eigenvalue weighted by atomic mass is 10.1. The molecular formula is C19H28FN5O. The van der Waals surface area contributed by atoms with Gasteiger partial charge in [0.1, 0.15) is 5.82 Å². The van der Waals surface area contributed by atoms with Crippen LogP contribution in [0.1, 0.15) is 41.2 Å². The first-order valence-electron chi connectivity index (χ1n) is 9.00. The van der Waals surface area contributed by atoms with Gasteiger partial charge in [-0.2, -0.15) is 5.10 Å². The minimum atomic E-state index is -0.531. The number of aryl methyl sites for hydroxylation is 3. The zero-order chi connectivity index (χ0) is 19.4. The molecule has 26 heavy (non-hydrogen) atoms. The summed E-state index contributed by atoms with van der Waals surface area (Å²) in [6.07, 6.45) is 0. The Hall–Kier alpha value is -2.57. The van der Waals surface area contributed by atoms with Crippen molar-refractivity contribution in [1.82, 2.24) is 10.2 Å². The van der Waals surface area contributed by atoms with Gasteiger partial charge in [0.25, 0.3) is 0 Å². The molecule has 2 aromatic rings. The zero-order valence-corrected chi connectivity index (χ0v) is 16.2. The number of H-pyrrole nitrogens is 1. The van der Waals surface area contributed by atoms with E-state index in [-0.39, 0.29) is 5.82 Å². The number of piperazine rings is 1. The third kappa shape index (κ3) is 3.81. The predicted octanol–water partition coefficient (Wildman–Crippen LogP) is 2.93. The zero-order valence-electron chi connectivity index (χ0n) is 16.2. The number of carbonyl (C=O) groups is 1. The van der Waals surface area contributed by atoms with Gasteiger partial charge in [-0.25, -0.2) is 4.39 Å². The van der Waals surface area contributed by atoms with Crippen LogP contribution in [-0.4, -0.2) is 42.3 Å². The molecule has 1 aliphatic rings. The van der Waals surface area contributed by atoms with Crippen LogP contribution >= 0.6 is 0 Å². The molecular weight excluding hydrogens is 333 g/mol. The predicted molar refractivity (Wildman–Crippen MR) is 103 cm³/mol. The maximum atomic E-state index is 14.4. The number of halogens is 1.